The van der Waals surface area contributed by atoms with Crippen LogP contribution in [0.25, 0.3) is 5.57 Å². The molecule has 9 heteroatoms. The molecule has 0 saturated heterocycles. The zero-order valence-corrected chi connectivity index (χ0v) is 18.9. The van der Waals surface area contributed by atoms with Crippen molar-refractivity contribution in [3.05, 3.63) is 99.8 Å². The van der Waals surface area contributed by atoms with Crippen LogP contribution in [0.2, 0.25) is 5.02 Å². The molecule has 3 aromatic rings. The van der Waals surface area contributed by atoms with Gasteiger partial charge in [0.05, 0.1) is 24.4 Å². The first kappa shape index (κ1) is 23.7. The first-order valence-corrected chi connectivity index (χ1v) is 10.8. The molecule has 4 rings (SSSR count). The van der Waals surface area contributed by atoms with Crippen molar-refractivity contribution in [3.63, 3.8) is 0 Å². The van der Waals surface area contributed by atoms with Crippen LogP contribution < -0.4 is 16.0 Å². The first-order chi connectivity index (χ1) is 16.3. The molecule has 3 aromatic carbocycles. The number of hydrazine groups is 1. The molecule has 1 amide bonds. The molecule has 1 atom stereocenters. The molecular formula is C25H21ClF3N3O2. The number of carbonyl (C=O) groups excluding carboxylic acids is 1. The maximum atomic E-state index is 14.4. The predicted octanol–water partition coefficient (Wildman–Crippen LogP) is 5.72. The monoisotopic (exact) mass is 487 g/mol. The number of hydrogen-bond acceptors (Lipinski definition) is 4. The summed E-state index contributed by atoms with van der Waals surface area (Å²) in [5.74, 6) is 0.986. The number of nitrogens with two attached hydrogens (primary N) is 1. The van der Waals surface area contributed by atoms with E-state index in [1.807, 2.05) is 6.08 Å². The number of amides is 1. The van der Waals surface area contributed by atoms with Crippen LogP contribution in [0.3, 0.4) is 0 Å². The van der Waals surface area contributed by atoms with Crippen molar-refractivity contribution < 1.29 is 22.7 Å². The van der Waals surface area contributed by atoms with Gasteiger partial charge in [-0.3, -0.25) is 10.6 Å². The van der Waals surface area contributed by atoms with Gasteiger partial charge >= 0.3 is 0 Å². The lowest BCUT2D eigenvalue weighted by Gasteiger charge is -2.35. The first-order valence-electron chi connectivity index (χ1n) is 10.4. The van der Waals surface area contributed by atoms with Crippen LogP contribution in [-0.4, -0.2) is 24.5 Å². The molecule has 5 nitrogen and oxygen atoms in total. The molecule has 176 valence electrons. The van der Waals surface area contributed by atoms with Crippen molar-refractivity contribution >= 4 is 28.8 Å². The normalized spacial score (nSPS) is 15.6. The Kier molecular flexibility index (Phi) is 6.81. The number of rotatable bonds is 5. The number of methoxy groups -OCH3 is 1. The Morgan fingerprint density at radius 1 is 1.09 bits per heavy atom. The van der Waals surface area contributed by atoms with E-state index in [1.165, 1.54) is 12.0 Å². The van der Waals surface area contributed by atoms with Gasteiger partial charge in [0, 0.05) is 17.1 Å². The zero-order valence-electron chi connectivity index (χ0n) is 18.1. The standard InChI is InChI=1S/C25H21ClF3N3O2/c1-34-17-5-2-14(3-6-17)22-12-15(19-13-16(26)4-9-21(19)31-30)10-11-32(22)25(33)18-7-8-20(27)24(29)23(18)28/h2-9,12-13,22,31H,10-11,30H2,1H3. The van der Waals surface area contributed by atoms with Gasteiger partial charge in [-0.2, -0.15) is 0 Å². The minimum Gasteiger partial charge on any atom is -0.497 e. The number of benzene rings is 3. The van der Waals surface area contributed by atoms with E-state index in [1.54, 1.807) is 42.5 Å². The summed E-state index contributed by atoms with van der Waals surface area (Å²) in [6.07, 6.45) is 2.26. The van der Waals surface area contributed by atoms with Gasteiger partial charge in [0.1, 0.15) is 5.75 Å². The lowest BCUT2D eigenvalue weighted by molar-refractivity contribution is 0.0702. The maximum Gasteiger partial charge on any atom is 0.257 e. The van der Waals surface area contributed by atoms with Gasteiger partial charge in [0.25, 0.3) is 5.91 Å². The van der Waals surface area contributed by atoms with Gasteiger partial charge in [-0.05, 0) is 60.0 Å². The van der Waals surface area contributed by atoms with Crippen LogP contribution in [-0.2, 0) is 0 Å². The van der Waals surface area contributed by atoms with Crippen molar-refractivity contribution in [2.75, 3.05) is 19.1 Å². The molecular weight excluding hydrogens is 467 g/mol. The van der Waals surface area contributed by atoms with Gasteiger partial charge < -0.3 is 15.1 Å². The minimum absolute atomic E-state index is 0.191. The van der Waals surface area contributed by atoms with Crippen LogP contribution in [0.15, 0.2) is 60.7 Å². The van der Waals surface area contributed by atoms with E-state index in [0.29, 0.717) is 22.9 Å². The van der Waals surface area contributed by atoms with Crippen molar-refractivity contribution in [1.82, 2.24) is 4.90 Å². The van der Waals surface area contributed by atoms with E-state index in [0.717, 1.165) is 28.8 Å². The SMILES string of the molecule is COc1ccc(C2C=C(c3cc(Cl)ccc3NN)CCN2C(=O)c2ccc(F)c(F)c2F)cc1. The highest BCUT2D eigenvalue weighted by molar-refractivity contribution is 6.30. The molecule has 0 radical (unpaired) electrons. The van der Waals surface area contributed by atoms with Crippen LogP contribution in [0.4, 0.5) is 18.9 Å². The predicted molar refractivity (Wildman–Crippen MR) is 125 cm³/mol. The van der Waals surface area contributed by atoms with Crippen molar-refractivity contribution in [2.24, 2.45) is 5.84 Å². The molecule has 1 aliphatic rings. The molecule has 0 bridgehead atoms. The minimum atomic E-state index is -1.68. The van der Waals surface area contributed by atoms with E-state index in [2.05, 4.69) is 5.43 Å². The number of carbonyl (C=O) groups is 1. The zero-order chi connectivity index (χ0) is 24.4. The summed E-state index contributed by atoms with van der Waals surface area (Å²) in [5.41, 5.74) is 5.10. The largest absolute Gasteiger partial charge is 0.497 e. The highest BCUT2D eigenvalue weighted by Gasteiger charge is 2.32. The summed E-state index contributed by atoms with van der Waals surface area (Å²) >= 11 is 6.20. The number of anilines is 1. The fourth-order valence-electron chi connectivity index (χ4n) is 4.03. The van der Waals surface area contributed by atoms with E-state index >= 15 is 0 Å². The highest BCUT2D eigenvalue weighted by Crippen LogP contribution is 2.38. The van der Waals surface area contributed by atoms with E-state index < -0.39 is 35.0 Å². The van der Waals surface area contributed by atoms with E-state index in [-0.39, 0.29) is 6.54 Å². The summed E-state index contributed by atoms with van der Waals surface area (Å²) < 4.78 is 46.9. The molecule has 0 fully saturated rings. The number of halogens is 4. The Labute approximate surface area is 199 Å². The summed E-state index contributed by atoms with van der Waals surface area (Å²) in [6.45, 7) is 0.191. The average Bonchev–Trinajstić information content (AvgIpc) is 2.86. The number of nitrogens with zero attached hydrogens (tertiary/aromatic N) is 1. The third-order valence-electron chi connectivity index (χ3n) is 5.78. The smallest absolute Gasteiger partial charge is 0.257 e. The topological polar surface area (TPSA) is 67.6 Å². The third kappa shape index (κ3) is 4.47. The number of hydrogen-bond donors (Lipinski definition) is 2. The van der Waals surface area contributed by atoms with Gasteiger partial charge in [-0.1, -0.05) is 29.8 Å². The molecule has 0 saturated carbocycles. The van der Waals surface area contributed by atoms with Crippen molar-refractivity contribution in [2.45, 2.75) is 12.5 Å². The fourth-order valence-corrected chi connectivity index (χ4v) is 4.20. The Morgan fingerprint density at radius 2 is 1.82 bits per heavy atom. The number of ether oxygens (including phenoxy) is 1. The van der Waals surface area contributed by atoms with Gasteiger partial charge in [0.2, 0.25) is 0 Å². The molecule has 34 heavy (non-hydrogen) atoms. The average molecular weight is 488 g/mol. The number of nitrogens with one attached hydrogen (secondary N) is 1. The lowest BCUT2D eigenvalue weighted by atomic mass is 9.91. The van der Waals surface area contributed by atoms with Crippen LogP contribution in [0.1, 0.15) is 33.9 Å². The molecule has 1 aliphatic heterocycles. The van der Waals surface area contributed by atoms with Crippen LogP contribution in [0, 0.1) is 17.5 Å². The lowest BCUT2D eigenvalue weighted by Crippen LogP contribution is -2.38. The molecule has 1 unspecified atom stereocenters. The van der Waals surface area contributed by atoms with E-state index in [4.69, 9.17) is 22.2 Å². The summed E-state index contributed by atoms with van der Waals surface area (Å²) in [4.78, 5) is 14.7. The summed E-state index contributed by atoms with van der Waals surface area (Å²) in [5, 5.41) is 0.512. The third-order valence-corrected chi connectivity index (χ3v) is 6.02. The quantitative estimate of drug-likeness (QED) is 0.274. The Balaban J connectivity index is 1.80. The molecule has 3 N–H and O–H groups in total. The van der Waals surface area contributed by atoms with Gasteiger partial charge in [-0.25, -0.2) is 13.2 Å². The molecule has 1 heterocycles. The van der Waals surface area contributed by atoms with Crippen molar-refractivity contribution in [3.8, 4) is 5.75 Å². The van der Waals surface area contributed by atoms with Crippen molar-refractivity contribution in [1.29, 1.82) is 0 Å². The van der Waals surface area contributed by atoms with Crippen LogP contribution in [0.5, 0.6) is 5.75 Å². The molecule has 0 aliphatic carbocycles. The van der Waals surface area contributed by atoms with E-state index in [9.17, 15) is 18.0 Å². The summed E-state index contributed by atoms with van der Waals surface area (Å²) in [6, 6.07) is 13.3. The second-order valence-corrected chi connectivity index (χ2v) is 8.15. The Morgan fingerprint density at radius 3 is 2.50 bits per heavy atom. The second-order valence-electron chi connectivity index (χ2n) is 7.72. The summed E-state index contributed by atoms with van der Waals surface area (Å²) in [7, 11) is 1.54. The van der Waals surface area contributed by atoms with Crippen LogP contribution >= 0.6 is 11.6 Å². The highest BCUT2D eigenvalue weighted by atomic mass is 35.5. The van der Waals surface area contributed by atoms with Gasteiger partial charge in [-0.15, -0.1) is 0 Å². The molecule has 0 aromatic heterocycles. The molecule has 0 spiro atoms. The maximum absolute atomic E-state index is 14.4. The Bertz CT molecular complexity index is 1270. The second kappa shape index (κ2) is 9.79. The Hall–Kier alpha value is -3.49. The number of nitrogen functional groups attached to an aromatic ring is 1. The van der Waals surface area contributed by atoms with Gasteiger partial charge in [0.15, 0.2) is 17.5 Å². The fraction of sp³-hybridized carbons (Fsp3) is 0.160.